The van der Waals surface area contributed by atoms with Crippen molar-refractivity contribution in [3.05, 3.63) is 29.8 Å². The summed E-state index contributed by atoms with van der Waals surface area (Å²) in [5, 5.41) is 3.30. The summed E-state index contributed by atoms with van der Waals surface area (Å²) in [6.07, 6.45) is 1.00. The summed E-state index contributed by atoms with van der Waals surface area (Å²) < 4.78 is 5.47. The monoisotopic (exact) mass is 207 g/mol. The van der Waals surface area contributed by atoms with Crippen molar-refractivity contribution >= 4 is 0 Å². The van der Waals surface area contributed by atoms with Crippen LogP contribution in [0.1, 0.15) is 26.3 Å². The van der Waals surface area contributed by atoms with E-state index in [0.717, 1.165) is 18.8 Å². The van der Waals surface area contributed by atoms with Crippen LogP contribution >= 0.6 is 0 Å². The van der Waals surface area contributed by atoms with Gasteiger partial charge in [-0.2, -0.15) is 0 Å². The van der Waals surface area contributed by atoms with E-state index in [0.29, 0.717) is 0 Å². The molecule has 0 aliphatic rings. The van der Waals surface area contributed by atoms with Crippen molar-refractivity contribution in [2.45, 2.75) is 32.7 Å². The van der Waals surface area contributed by atoms with Gasteiger partial charge in [0, 0.05) is 5.54 Å². The van der Waals surface area contributed by atoms with Gasteiger partial charge in [0.25, 0.3) is 0 Å². The van der Waals surface area contributed by atoms with Crippen LogP contribution in [0.2, 0.25) is 0 Å². The van der Waals surface area contributed by atoms with Crippen LogP contribution in [0, 0.1) is 0 Å². The molecule has 0 aromatic heterocycles. The maximum Gasteiger partial charge on any atom is 0.119 e. The molecule has 0 aliphatic carbocycles. The summed E-state index contributed by atoms with van der Waals surface area (Å²) in [5.41, 5.74) is 1.44. The van der Waals surface area contributed by atoms with Crippen molar-refractivity contribution in [1.82, 2.24) is 5.32 Å². The van der Waals surface area contributed by atoms with E-state index in [1.165, 1.54) is 5.56 Å². The SMILES string of the molecule is CCOc1cccc(CC(C)(C)NC)c1. The van der Waals surface area contributed by atoms with Crippen molar-refractivity contribution in [2.24, 2.45) is 0 Å². The maximum atomic E-state index is 5.47. The van der Waals surface area contributed by atoms with Gasteiger partial charge in [-0.1, -0.05) is 12.1 Å². The number of benzene rings is 1. The van der Waals surface area contributed by atoms with Crippen molar-refractivity contribution < 1.29 is 4.74 Å². The molecule has 1 aromatic rings. The number of hydrogen-bond donors (Lipinski definition) is 1. The molecule has 84 valence electrons. The summed E-state index contributed by atoms with van der Waals surface area (Å²) in [6.45, 7) is 7.11. The molecule has 0 radical (unpaired) electrons. The van der Waals surface area contributed by atoms with Gasteiger partial charge < -0.3 is 10.1 Å². The third kappa shape index (κ3) is 3.92. The first-order valence-corrected chi connectivity index (χ1v) is 5.48. The lowest BCUT2D eigenvalue weighted by molar-refractivity contribution is 0.339. The van der Waals surface area contributed by atoms with E-state index in [-0.39, 0.29) is 5.54 Å². The second-order valence-electron chi connectivity index (χ2n) is 4.39. The molecule has 0 bridgehead atoms. The molecule has 2 nitrogen and oxygen atoms in total. The summed E-state index contributed by atoms with van der Waals surface area (Å²) in [6, 6.07) is 8.30. The van der Waals surface area contributed by atoms with Crippen LogP contribution in [0.4, 0.5) is 0 Å². The number of hydrogen-bond acceptors (Lipinski definition) is 2. The van der Waals surface area contributed by atoms with Crippen LogP contribution < -0.4 is 10.1 Å². The fourth-order valence-electron chi connectivity index (χ4n) is 1.51. The van der Waals surface area contributed by atoms with Crippen LogP contribution in [0.3, 0.4) is 0 Å². The first kappa shape index (κ1) is 12.1. The Kier molecular flexibility index (Phi) is 4.15. The minimum Gasteiger partial charge on any atom is -0.494 e. The van der Waals surface area contributed by atoms with E-state index in [4.69, 9.17) is 4.74 Å². The third-order valence-electron chi connectivity index (χ3n) is 2.53. The van der Waals surface area contributed by atoms with Gasteiger partial charge in [0.05, 0.1) is 6.61 Å². The number of rotatable bonds is 5. The second-order valence-corrected chi connectivity index (χ2v) is 4.39. The van der Waals surface area contributed by atoms with Crippen LogP contribution in [0.15, 0.2) is 24.3 Å². The van der Waals surface area contributed by atoms with Gasteiger partial charge in [0.2, 0.25) is 0 Å². The van der Waals surface area contributed by atoms with Crippen LogP contribution in [0.5, 0.6) is 5.75 Å². The predicted octanol–water partition coefficient (Wildman–Crippen LogP) is 2.63. The zero-order valence-corrected chi connectivity index (χ0v) is 10.1. The lowest BCUT2D eigenvalue weighted by Crippen LogP contribution is -2.38. The molecule has 0 unspecified atom stereocenters. The Morgan fingerprint density at radius 3 is 2.67 bits per heavy atom. The average molecular weight is 207 g/mol. The minimum absolute atomic E-state index is 0.130. The van der Waals surface area contributed by atoms with E-state index in [9.17, 15) is 0 Å². The van der Waals surface area contributed by atoms with Gasteiger partial charge in [-0.3, -0.25) is 0 Å². The highest BCUT2D eigenvalue weighted by molar-refractivity contribution is 5.29. The number of likely N-dealkylation sites (N-methyl/N-ethyl adjacent to an activating group) is 1. The molecule has 0 aliphatic heterocycles. The largest absolute Gasteiger partial charge is 0.494 e. The molecule has 1 aromatic carbocycles. The van der Waals surface area contributed by atoms with E-state index in [2.05, 4.69) is 31.3 Å². The Balaban J connectivity index is 2.73. The van der Waals surface area contributed by atoms with Gasteiger partial charge in [0.1, 0.15) is 5.75 Å². The molecule has 0 spiro atoms. The molecule has 15 heavy (non-hydrogen) atoms. The van der Waals surface area contributed by atoms with Crippen LogP contribution in [0.25, 0.3) is 0 Å². The molecular weight excluding hydrogens is 186 g/mol. The third-order valence-corrected chi connectivity index (χ3v) is 2.53. The summed E-state index contributed by atoms with van der Waals surface area (Å²) >= 11 is 0. The molecule has 1 rings (SSSR count). The van der Waals surface area contributed by atoms with Gasteiger partial charge in [-0.15, -0.1) is 0 Å². The Hall–Kier alpha value is -1.02. The molecule has 0 atom stereocenters. The molecule has 1 N–H and O–H groups in total. The zero-order valence-electron chi connectivity index (χ0n) is 10.1. The number of nitrogens with one attached hydrogen (secondary N) is 1. The van der Waals surface area contributed by atoms with Gasteiger partial charge in [0.15, 0.2) is 0 Å². The minimum atomic E-state index is 0.130. The van der Waals surface area contributed by atoms with Crippen LogP contribution in [-0.4, -0.2) is 19.2 Å². The molecule has 0 fully saturated rings. The van der Waals surface area contributed by atoms with E-state index < -0.39 is 0 Å². The average Bonchev–Trinajstić information content (AvgIpc) is 2.18. The number of ether oxygens (including phenoxy) is 1. The highest BCUT2D eigenvalue weighted by Crippen LogP contribution is 2.17. The standard InChI is InChI=1S/C13H21NO/c1-5-15-12-8-6-7-11(9-12)10-13(2,3)14-4/h6-9,14H,5,10H2,1-4H3. The Labute approximate surface area is 92.6 Å². The van der Waals surface area contributed by atoms with E-state index in [1.54, 1.807) is 0 Å². The highest BCUT2D eigenvalue weighted by Gasteiger charge is 2.15. The Bertz CT molecular complexity index is 307. The van der Waals surface area contributed by atoms with Crippen LogP contribution in [-0.2, 0) is 6.42 Å². The van der Waals surface area contributed by atoms with E-state index >= 15 is 0 Å². The van der Waals surface area contributed by atoms with Gasteiger partial charge in [-0.25, -0.2) is 0 Å². The summed E-state index contributed by atoms with van der Waals surface area (Å²) in [4.78, 5) is 0. The fourth-order valence-corrected chi connectivity index (χ4v) is 1.51. The molecular formula is C13H21NO. The first-order chi connectivity index (χ1) is 7.07. The van der Waals surface area contributed by atoms with Crippen molar-refractivity contribution in [3.8, 4) is 5.75 Å². The topological polar surface area (TPSA) is 21.3 Å². The van der Waals surface area contributed by atoms with E-state index in [1.807, 2.05) is 26.1 Å². The highest BCUT2D eigenvalue weighted by atomic mass is 16.5. The molecule has 0 saturated carbocycles. The lowest BCUT2D eigenvalue weighted by Gasteiger charge is -2.24. The molecule has 2 heteroatoms. The molecule has 0 heterocycles. The van der Waals surface area contributed by atoms with Crippen molar-refractivity contribution in [3.63, 3.8) is 0 Å². The Morgan fingerprint density at radius 1 is 1.33 bits per heavy atom. The van der Waals surface area contributed by atoms with Gasteiger partial charge in [-0.05, 0) is 51.9 Å². The fraction of sp³-hybridized carbons (Fsp3) is 0.538. The second kappa shape index (κ2) is 5.17. The normalized spacial score (nSPS) is 11.5. The summed E-state index contributed by atoms with van der Waals surface area (Å²) in [5.74, 6) is 0.960. The quantitative estimate of drug-likeness (QED) is 0.801. The first-order valence-electron chi connectivity index (χ1n) is 5.48. The smallest absolute Gasteiger partial charge is 0.119 e. The van der Waals surface area contributed by atoms with Crippen molar-refractivity contribution in [1.29, 1.82) is 0 Å². The maximum absolute atomic E-state index is 5.47. The lowest BCUT2D eigenvalue weighted by atomic mass is 9.95. The zero-order chi connectivity index (χ0) is 11.3. The summed E-state index contributed by atoms with van der Waals surface area (Å²) in [7, 11) is 1.99. The Morgan fingerprint density at radius 2 is 2.07 bits per heavy atom. The molecule has 0 saturated heterocycles. The van der Waals surface area contributed by atoms with Crippen molar-refractivity contribution in [2.75, 3.05) is 13.7 Å². The predicted molar refractivity (Wildman–Crippen MR) is 64.5 cm³/mol. The van der Waals surface area contributed by atoms with Gasteiger partial charge >= 0.3 is 0 Å². The molecule has 0 amide bonds.